The molecule has 0 saturated carbocycles. The van der Waals surface area contributed by atoms with Crippen LogP contribution in [0, 0.1) is 0 Å². The van der Waals surface area contributed by atoms with Crippen LogP contribution in [0.5, 0.6) is 5.75 Å². The number of rotatable bonds is 4. The molecule has 2 nitrogen and oxygen atoms in total. The molecule has 0 heterocycles. The molecule has 2 unspecified atom stereocenters. The number of benzene rings is 2. The number of nitrogens with one attached hydrogen (secondary N) is 1. The van der Waals surface area contributed by atoms with Crippen molar-refractivity contribution in [3.05, 3.63) is 63.6 Å². The third-order valence-electron chi connectivity index (χ3n) is 4.13. The molecule has 20 heavy (non-hydrogen) atoms. The van der Waals surface area contributed by atoms with Crippen LogP contribution in [0.25, 0.3) is 0 Å². The van der Waals surface area contributed by atoms with E-state index < -0.39 is 0 Å². The Morgan fingerprint density at radius 2 is 2.05 bits per heavy atom. The molecule has 0 bridgehead atoms. The largest absolute Gasteiger partial charge is 0.496 e. The van der Waals surface area contributed by atoms with Gasteiger partial charge in [0, 0.05) is 22.0 Å². The standard InChI is InChI=1S/C17H18BrNO/c1-19-17(14-9-11-5-3-4-6-13(11)14)15-10-12(18)7-8-16(15)20-2/h3-8,10,14,17,19H,9H2,1-2H3. The Morgan fingerprint density at radius 1 is 1.25 bits per heavy atom. The molecule has 3 heteroatoms. The molecule has 1 N–H and O–H groups in total. The zero-order valence-corrected chi connectivity index (χ0v) is 13.3. The minimum Gasteiger partial charge on any atom is -0.496 e. The summed E-state index contributed by atoms with van der Waals surface area (Å²) in [6.07, 6.45) is 1.12. The Hall–Kier alpha value is -1.32. The van der Waals surface area contributed by atoms with Crippen molar-refractivity contribution in [2.75, 3.05) is 14.2 Å². The fraction of sp³-hybridized carbons (Fsp3) is 0.294. The van der Waals surface area contributed by atoms with Gasteiger partial charge in [-0.2, -0.15) is 0 Å². The van der Waals surface area contributed by atoms with Gasteiger partial charge in [0.15, 0.2) is 0 Å². The van der Waals surface area contributed by atoms with Gasteiger partial charge in [0.2, 0.25) is 0 Å². The van der Waals surface area contributed by atoms with Crippen LogP contribution in [0.15, 0.2) is 46.9 Å². The molecule has 0 aromatic heterocycles. The van der Waals surface area contributed by atoms with Crippen LogP contribution in [-0.4, -0.2) is 14.2 Å². The SMILES string of the molecule is CNC(c1cc(Br)ccc1OC)C1Cc2ccccc21. The van der Waals surface area contributed by atoms with E-state index in [1.165, 1.54) is 16.7 Å². The van der Waals surface area contributed by atoms with Crippen molar-refractivity contribution in [1.82, 2.24) is 5.32 Å². The van der Waals surface area contributed by atoms with E-state index in [4.69, 9.17) is 4.74 Å². The first kappa shape index (κ1) is 13.7. The molecule has 0 saturated heterocycles. The lowest BCUT2D eigenvalue weighted by molar-refractivity contribution is 0.381. The van der Waals surface area contributed by atoms with Gasteiger partial charge in [-0.15, -0.1) is 0 Å². The number of likely N-dealkylation sites (N-methyl/N-ethyl adjacent to an activating group) is 1. The molecule has 2 aromatic carbocycles. The van der Waals surface area contributed by atoms with Crippen LogP contribution >= 0.6 is 15.9 Å². The summed E-state index contributed by atoms with van der Waals surface area (Å²) < 4.78 is 6.61. The summed E-state index contributed by atoms with van der Waals surface area (Å²) >= 11 is 3.56. The van der Waals surface area contributed by atoms with Gasteiger partial charge in [-0.3, -0.25) is 0 Å². The molecule has 0 fully saturated rings. The molecule has 2 atom stereocenters. The van der Waals surface area contributed by atoms with Gasteiger partial charge in [-0.05, 0) is 42.8 Å². The minimum absolute atomic E-state index is 0.275. The third kappa shape index (κ3) is 2.25. The third-order valence-corrected chi connectivity index (χ3v) is 4.63. The number of hydrogen-bond donors (Lipinski definition) is 1. The number of ether oxygens (including phenoxy) is 1. The van der Waals surface area contributed by atoms with Crippen molar-refractivity contribution in [2.24, 2.45) is 0 Å². The molecular formula is C17H18BrNO. The summed E-state index contributed by atoms with van der Waals surface area (Å²) in [4.78, 5) is 0. The highest BCUT2D eigenvalue weighted by Gasteiger charge is 2.34. The first-order valence-corrected chi connectivity index (χ1v) is 7.62. The van der Waals surface area contributed by atoms with Crippen LogP contribution in [-0.2, 0) is 6.42 Å². The lowest BCUT2D eigenvalue weighted by Crippen LogP contribution is -2.31. The monoisotopic (exact) mass is 331 g/mol. The first-order chi connectivity index (χ1) is 9.74. The van der Waals surface area contributed by atoms with Gasteiger partial charge in [-0.25, -0.2) is 0 Å². The van der Waals surface area contributed by atoms with E-state index in [2.05, 4.69) is 51.6 Å². The molecule has 0 radical (unpaired) electrons. The number of methoxy groups -OCH3 is 1. The topological polar surface area (TPSA) is 21.3 Å². The van der Waals surface area contributed by atoms with E-state index in [1.54, 1.807) is 7.11 Å². The Kier molecular flexibility index (Phi) is 3.81. The predicted molar refractivity (Wildman–Crippen MR) is 85.4 cm³/mol. The molecule has 0 amide bonds. The Labute approximate surface area is 128 Å². The van der Waals surface area contributed by atoms with Crippen molar-refractivity contribution in [2.45, 2.75) is 18.4 Å². The van der Waals surface area contributed by atoms with E-state index in [1.807, 2.05) is 19.2 Å². The number of hydrogen-bond acceptors (Lipinski definition) is 2. The van der Waals surface area contributed by atoms with Gasteiger partial charge in [0.1, 0.15) is 5.75 Å². The van der Waals surface area contributed by atoms with E-state index in [0.29, 0.717) is 5.92 Å². The van der Waals surface area contributed by atoms with Crippen molar-refractivity contribution in [1.29, 1.82) is 0 Å². The van der Waals surface area contributed by atoms with Crippen molar-refractivity contribution < 1.29 is 4.74 Å². The molecule has 104 valence electrons. The zero-order chi connectivity index (χ0) is 14.1. The molecule has 0 spiro atoms. The molecule has 1 aliphatic rings. The molecule has 0 aliphatic heterocycles. The first-order valence-electron chi connectivity index (χ1n) is 6.83. The van der Waals surface area contributed by atoms with Crippen molar-refractivity contribution in [3.63, 3.8) is 0 Å². The second-order valence-electron chi connectivity index (χ2n) is 5.16. The minimum atomic E-state index is 0.275. The van der Waals surface area contributed by atoms with E-state index >= 15 is 0 Å². The van der Waals surface area contributed by atoms with Crippen molar-refractivity contribution in [3.8, 4) is 5.75 Å². The van der Waals surface area contributed by atoms with Gasteiger partial charge >= 0.3 is 0 Å². The Bertz CT molecular complexity index is 626. The van der Waals surface area contributed by atoms with Crippen LogP contribution in [0.2, 0.25) is 0 Å². The highest BCUT2D eigenvalue weighted by Crippen LogP contribution is 2.45. The van der Waals surface area contributed by atoms with Gasteiger partial charge in [-0.1, -0.05) is 40.2 Å². The van der Waals surface area contributed by atoms with Crippen molar-refractivity contribution >= 4 is 15.9 Å². The lowest BCUT2D eigenvalue weighted by atomic mass is 9.71. The summed E-state index contributed by atoms with van der Waals surface area (Å²) in [6.45, 7) is 0. The van der Waals surface area contributed by atoms with Gasteiger partial charge in [0.25, 0.3) is 0 Å². The van der Waals surface area contributed by atoms with Gasteiger partial charge < -0.3 is 10.1 Å². The fourth-order valence-corrected chi connectivity index (χ4v) is 3.50. The second kappa shape index (κ2) is 5.58. The Balaban J connectivity index is 1.98. The summed E-state index contributed by atoms with van der Waals surface area (Å²) in [5, 5.41) is 3.46. The maximum absolute atomic E-state index is 5.53. The van der Waals surface area contributed by atoms with Crippen LogP contribution in [0.1, 0.15) is 28.7 Å². The summed E-state index contributed by atoms with van der Waals surface area (Å²) in [6, 6.07) is 15.2. The summed E-state index contributed by atoms with van der Waals surface area (Å²) in [5.74, 6) is 1.45. The van der Waals surface area contributed by atoms with Crippen LogP contribution in [0.4, 0.5) is 0 Å². The highest BCUT2D eigenvalue weighted by atomic mass is 79.9. The van der Waals surface area contributed by atoms with E-state index in [9.17, 15) is 0 Å². The van der Waals surface area contributed by atoms with E-state index in [-0.39, 0.29) is 6.04 Å². The maximum atomic E-state index is 5.53. The predicted octanol–water partition coefficient (Wildman–Crippen LogP) is 4.06. The lowest BCUT2D eigenvalue weighted by Gasteiger charge is -2.37. The van der Waals surface area contributed by atoms with E-state index in [0.717, 1.165) is 16.6 Å². The molecular weight excluding hydrogens is 314 g/mol. The highest BCUT2D eigenvalue weighted by molar-refractivity contribution is 9.10. The molecule has 2 aromatic rings. The maximum Gasteiger partial charge on any atom is 0.123 e. The number of halogens is 1. The smallest absolute Gasteiger partial charge is 0.123 e. The fourth-order valence-electron chi connectivity index (χ4n) is 3.12. The Morgan fingerprint density at radius 3 is 2.75 bits per heavy atom. The van der Waals surface area contributed by atoms with Gasteiger partial charge in [0.05, 0.1) is 7.11 Å². The zero-order valence-electron chi connectivity index (χ0n) is 11.7. The summed E-state index contributed by atoms with van der Waals surface area (Å²) in [7, 11) is 3.75. The van der Waals surface area contributed by atoms with Crippen LogP contribution in [0.3, 0.4) is 0 Å². The quantitative estimate of drug-likeness (QED) is 0.912. The van der Waals surface area contributed by atoms with Crippen LogP contribution < -0.4 is 10.1 Å². The number of fused-ring (bicyclic) bond motifs is 1. The molecule has 3 rings (SSSR count). The average Bonchev–Trinajstić information content (AvgIpc) is 2.45. The summed E-state index contributed by atoms with van der Waals surface area (Å²) in [5.41, 5.74) is 4.13. The normalized spacial score (nSPS) is 18.1. The second-order valence-corrected chi connectivity index (χ2v) is 6.08. The molecule has 1 aliphatic carbocycles. The average molecular weight is 332 g/mol.